The lowest BCUT2D eigenvalue weighted by atomic mass is 10.2. The van der Waals surface area contributed by atoms with Crippen LogP contribution < -0.4 is 10.6 Å². The monoisotopic (exact) mass is 383 g/mol. The van der Waals surface area contributed by atoms with E-state index in [1.165, 1.54) is 0 Å². The van der Waals surface area contributed by atoms with E-state index in [0.29, 0.717) is 11.8 Å². The van der Waals surface area contributed by atoms with Crippen LogP contribution in [0.3, 0.4) is 0 Å². The van der Waals surface area contributed by atoms with Crippen LogP contribution in [0.15, 0.2) is 4.99 Å². The summed E-state index contributed by atoms with van der Waals surface area (Å²) in [5, 5.41) is 6.83. The Morgan fingerprint density at radius 2 is 1.33 bits per heavy atom. The molecule has 0 bridgehead atoms. The van der Waals surface area contributed by atoms with Crippen molar-refractivity contribution < 1.29 is 9.47 Å². The molecule has 0 aliphatic carbocycles. The largest absolute Gasteiger partial charge is 0.374 e. The second-order valence-corrected chi connectivity index (χ2v) is 8.63. The van der Waals surface area contributed by atoms with Crippen LogP contribution in [0, 0.1) is 11.8 Å². The fourth-order valence-electron chi connectivity index (χ4n) is 3.81. The minimum atomic E-state index is 0.212. The van der Waals surface area contributed by atoms with Gasteiger partial charge in [0.1, 0.15) is 0 Å². The highest BCUT2D eigenvalue weighted by atomic mass is 16.5. The highest BCUT2D eigenvalue weighted by molar-refractivity contribution is 5.79. The van der Waals surface area contributed by atoms with Gasteiger partial charge in [-0.1, -0.05) is 27.7 Å². The van der Waals surface area contributed by atoms with Gasteiger partial charge < -0.3 is 20.1 Å². The van der Waals surface area contributed by atoms with E-state index in [9.17, 15) is 0 Å². The maximum absolute atomic E-state index is 5.91. The third-order valence-corrected chi connectivity index (χ3v) is 4.91. The van der Waals surface area contributed by atoms with Crippen LogP contribution in [0.25, 0.3) is 0 Å². The molecule has 0 aromatic carbocycles. The number of aliphatic imine (C=N–C) groups is 1. The van der Waals surface area contributed by atoms with Crippen molar-refractivity contribution in [2.24, 2.45) is 16.8 Å². The van der Waals surface area contributed by atoms with Gasteiger partial charge in [-0.25, -0.2) is 0 Å². The maximum Gasteiger partial charge on any atom is 0.191 e. The predicted octanol–water partition coefficient (Wildman–Crippen LogP) is 0.865. The molecule has 158 valence electrons. The molecule has 2 rings (SSSR count). The van der Waals surface area contributed by atoms with Gasteiger partial charge >= 0.3 is 0 Å². The van der Waals surface area contributed by atoms with Crippen LogP contribution in [-0.4, -0.2) is 101 Å². The van der Waals surface area contributed by atoms with Crippen LogP contribution in [0.5, 0.6) is 0 Å². The Labute approximate surface area is 165 Å². The fourth-order valence-corrected chi connectivity index (χ4v) is 3.81. The van der Waals surface area contributed by atoms with Gasteiger partial charge in [0.15, 0.2) is 5.96 Å². The van der Waals surface area contributed by atoms with E-state index in [-0.39, 0.29) is 12.2 Å². The van der Waals surface area contributed by atoms with E-state index in [0.717, 1.165) is 71.5 Å². The van der Waals surface area contributed by atoms with Gasteiger partial charge in [0.2, 0.25) is 0 Å². The van der Waals surface area contributed by atoms with E-state index < -0.39 is 0 Å². The number of hydrogen-bond donors (Lipinski definition) is 2. The van der Waals surface area contributed by atoms with Crippen molar-refractivity contribution in [3.05, 3.63) is 0 Å². The molecule has 0 saturated carbocycles. The third-order valence-electron chi connectivity index (χ3n) is 4.91. The molecular weight excluding hydrogens is 342 g/mol. The Morgan fingerprint density at radius 3 is 1.70 bits per heavy atom. The molecule has 2 saturated heterocycles. The summed E-state index contributed by atoms with van der Waals surface area (Å²) in [6.45, 7) is 18.6. The van der Waals surface area contributed by atoms with Crippen molar-refractivity contribution in [1.29, 1.82) is 0 Å². The van der Waals surface area contributed by atoms with Crippen LogP contribution in [0.1, 0.15) is 27.7 Å². The summed E-state index contributed by atoms with van der Waals surface area (Å²) in [4.78, 5) is 9.34. The van der Waals surface area contributed by atoms with Crippen LogP contribution >= 0.6 is 0 Å². The molecule has 0 amide bonds. The fraction of sp³-hybridized carbons (Fsp3) is 0.950. The molecule has 0 spiro atoms. The first-order valence-corrected chi connectivity index (χ1v) is 10.6. The molecule has 7 heteroatoms. The number of nitrogens with zero attached hydrogens (tertiary/aromatic N) is 3. The van der Waals surface area contributed by atoms with Crippen molar-refractivity contribution >= 4 is 5.96 Å². The zero-order chi connectivity index (χ0) is 19.6. The minimum Gasteiger partial charge on any atom is -0.374 e. The zero-order valence-electron chi connectivity index (χ0n) is 18.0. The van der Waals surface area contributed by atoms with Crippen molar-refractivity contribution in [2.45, 2.75) is 39.9 Å². The summed E-state index contributed by atoms with van der Waals surface area (Å²) in [5.41, 5.74) is 0. The van der Waals surface area contributed by atoms with Gasteiger partial charge in [-0.2, -0.15) is 0 Å². The first-order valence-electron chi connectivity index (χ1n) is 10.6. The molecule has 27 heavy (non-hydrogen) atoms. The SMILES string of the molecule is CN=C(NCC1CN(CC(C)C)CCO1)NCC1CN(CC(C)C)CCO1. The maximum atomic E-state index is 5.91. The molecule has 2 atom stereocenters. The van der Waals surface area contributed by atoms with Crippen molar-refractivity contribution in [3.63, 3.8) is 0 Å². The van der Waals surface area contributed by atoms with Gasteiger partial charge in [-0.3, -0.25) is 14.8 Å². The summed E-state index contributed by atoms with van der Waals surface area (Å²) in [5.74, 6) is 2.21. The van der Waals surface area contributed by atoms with Crippen LogP contribution in [0.2, 0.25) is 0 Å². The normalized spacial score (nSPS) is 25.0. The molecule has 2 fully saturated rings. The first-order chi connectivity index (χ1) is 13.0. The zero-order valence-corrected chi connectivity index (χ0v) is 18.0. The summed E-state index contributed by atoms with van der Waals surface area (Å²) in [6.07, 6.45) is 0.423. The third kappa shape index (κ3) is 8.77. The standard InChI is InChI=1S/C20H41N5O2/c1-16(2)12-24-6-8-26-18(14-24)10-22-20(21-5)23-11-19-15-25(7-9-27-19)13-17(3)4/h16-19H,6-15H2,1-5H3,(H2,21,22,23). The molecular formula is C20H41N5O2. The van der Waals surface area contributed by atoms with Gasteiger partial charge in [0.05, 0.1) is 25.4 Å². The Morgan fingerprint density at radius 1 is 0.889 bits per heavy atom. The Balaban J connectivity index is 1.68. The highest BCUT2D eigenvalue weighted by Crippen LogP contribution is 2.08. The Hall–Kier alpha value is -0.890. The average molecular weight is 384 g/mol. The molecule has 0 radical (unpaired) electrons. The van der Waals surface area contributed by atoms with Gasteiger partial charge in [0, 0.05) is 59.4 Å². The van der Waals surface area contributed by atoms with Crippen molar-refractivity contribution in [2.75, 3.05) is 72.6 Å². The highest BCUT2D eigenvalue weighted by Gasteiger charge is 2.23. The number of guanidine groups is 1. The topological polar surface area (TPSA) is 61.4 Å². The summed E-state index contributed by atoms with van der Waals surface area (Å²) >= 11 is 0. The van der Waals surface area contributed by atoms with E-state index >= 15 is 0 Å². The summed E-state index contributed by atoms with van der Waals surface area (Å²) in [7, 11) is 1.81. The molecule has 0 aromatic rings. The summed E-state index contributed by atoms with van der Waals surface area (Å²) < 4.78 is 11.8. The second-order valence-electron chi connectivity index (χ2n) is 8.63. The molecule has 2 aliphatic heterocycles. The van der Waals surface area contributed by atoms with E-state index in [1.807, 2.05) is 7.05 Å². The predicted molar refractivity (Wildman–Crippen MR) is 111 cm³/mol. The Bertz CT molecular complexity index is 408. The number of rotatable bonds is 8. The lowest BCUT2D eigenvalue weighted by Gasteiger charge is -2.35. The lowest BCUT2D eigenvalue weighted by molar-refractivity contribution is -0.0298. The van der Waals surface area contributed by atoms with Crippen LogP contribution in [-0.2, 0) is 9.47 Å². The number of morpholine rings is 2. The lowest BCUT2D eigenvalue weighted by Crippen LogP contribution is -2.52. The minimum absolute atomic E-state index is 0.212. The van der Waals surface area contributed by atoms with Crippen LogP contribution in [0.4, 0.5) is 0 Å². The number of hydrogen-bond acceptors (Lipinski definition) is 5. The summed E-state index contributed by atoms with van der Waals surface area (Å²) in [6, 6.07) is 0. The molecule has 2 unspecified atom stereocenters. The molecule has 2 heterocycles. The average Bonchev–Trinajstić information content (AvgIpc) is 2.61. The second kappa shape index (κ2) is 11.8. The smallest absolute Gasteiger partial charge is 0.191 e. The quantitative estimate of drug-likeness (QED) is 0.479. The molecule has 2 N–H and O–H groups in total. The van der Waals surface area contributed by atoms with E-state index in [4.69, 9.17) is 9.47 Å². The first kappa shape index (κ1) is 22.4. The van der Waals surface area contributed by atoms with E-state index in [2.05, 4.69) is 53.1 Å². The van der Waals surface area contributed by atoms with E-state index in [1.54, 1.807) is 0 Å². The van der Waals surface area contributed by atoms with Gasteiger partial charge in [-0.05, 0) is 11.8 Å². The van der Waals surface area contributed by atoms with Crippen molar-refractivity contribution in [1.82, 2.24) is 20.4 Å². The molecule has 2 aliphatic rings. The van der Waals surface area contributed by atoms with Gasteiger partial charge in [-0.15, -0.1) is 0 Å². The van der Waals surface area contributed by atoms with Crippen molar-refractivity contribution in [3.8, 4) is 0 Å². The molecule has 0 aromatic heterocycles. The molecule has 7 nitrogen and oxygen atoms in total. The number of ether oxygens (including phenoxy) is 2. The Kier molecular flexibility index (Phi) is 9.82. The number of nitrogens with one attached hydrogen (secondary N) is 2. The van der Waals surface area contributed by atoms with Gasteiger partial charge in [0.25, 0.3) is 0 Å².